The molecule has 82 valence electrons. The lowest BCUT2D eigenvalue weighted by molar-refractivity contribution is -0.127. The molecule has 3 N–H and O–H groups in total. The maximum atomic E-state index is 11.7. The standard InChI is InChI=1S/C9H18N2O3/c1-9(2,10-3)8(13)11-6-4-14-5-7(6)12/h6-7,10,12H,4-5H2,1-3H3,(H,11,13). The third kappa shape index (κ3) is 2.43. The fourth-order valence-electron chi connectivity index (χ4n) is 1.14. The minimum Gasteiger partial charge on any atom is -0.388 e. The van der Waals surface area contributed by atoms with Gasteiger partial charge in [0.1, 0.15) is 0 Å². The lowest BCUT2D eigenvalue weighted by atomic mass is 10.0. The van der Waals surface area contributed by atoms with Crippen molar-refractivity contribution in [1.82, 2.24) is 10.6 Å². The van der Waals surface area contributed by atoms with Crippen molar-refractivity contribution in [2.45, 2.75) is 31.5 Å². The molecular weight excluding hydrogens is 184 g/mol. The zero-order valence-electron chi connectivity index (χ0n) is 8.83. The van der Waals surface area contributed by atoms with Gasteiger partial charge in [0, 0.05) is 0 Å². The molecule has 2 unspecified atom stereocenters. The van der Waals surface area contributed by atoms with Crippen LogP contribution in [0.1, 0.15) is 13.8 Å². The second-order valence-electron chi connectivity index (χ2n) is 4.06. The van der Waals surface area contributed by atoms with Crippen molar-refractivity contribution in [3.8, 4) is 0 Å². The largest absolute Gasteiger partial charge is 0.388 e. The quantitative estimate of drug-likeness (QED) is 0.541. The zero-order chi connectivity index (χ0) is 10.8. The summed E-state index contributed by atoms with van der Waals surface area (Å²) < 4.78 is 5.03. The Morgan fingerprint density at radius 3 is 2.57 bits per heavy atom. The van der Waals surface area contributed by atoms with Crippen molar-refractivity contribution in [2.75, 3.05) is 20.3 Å². The van der Waals surface area contributed by atoms with Crippen LogP contribution in [-0.2, 0) is 9.53 Å². The van der Waals surface area contributed by atoms with Crippen LogP contribution in [0, 0.1) is 0 Å². The van der Waals surface area contributed by atoms with Crippen molar-refractivity contribution < 1.29 is 14.6 Å². The second kappa shape index (κ2) is 4.25. The van der Waals surface area contributed by atoms with E-state index >= 15 is 0 Å². The van der Waals surface area contributed by atoms with Crippen molar-refractivity contribution in [3.63, 3.8) is 0 Å². The van der Waals surface area contributed by atoms with Crippen LogP contribution in [0.15, 0.2) is 0 Å². The molecule has 0 spiro atoms. The molecule has 0 radical (unpaired) electrons. The molecule has 2 atom stereocenters. The SMILES string of the molecule is CNC(C)(C)C(=O)NC1COCC1O. The van der Waals surface area contributed by atoms with Gasteiger partial charge in [0.2, 0.25) is 5.91 Å². The fraction of sp³-hybridized carbons (Fsp3) is 0.889. The minimum absolute atomic E-state index is 0.130. The first-order valence-corrected chi connectivity index (χ1v) is 4.73. The Bertz CT molecular complexity index is 218. The minimum atomic E-state index is -0.623. The summed E-state index contributed by atoms with van der Waals surface area (Å²) >= 11 is 0. The number of carbonyl (C=O) groups excluding carboxylic acids is 1. The summed E-state index contributed by atoms with van der Waals surface area (Å²) in [6.07, 6.45) is -0.591. The average Bonchev–Trinajstić information content (AvgIpc) is 2.52. The Labute approximate surface area is 83.8 Å². The van der Waals surface area contributed by atoms with E-state index in [9.17, 15) is 9.90 Å². The van der Waals surface area contributed by atoms with Crippen LogP contribution >= 0.6 is 0 Å². The van der Waals surface area contributed by atoms with Crippen LogP contribution in [0.5, 0.6) is 0 Å². The first-order valence-electron chi connectivity index (χ1n) is 4.73. The van der Waals surface area contributed by atoms with Gasteiger partial charge in [-0.2, -0.15) is 0 Å². The number of nitrogens with one attached hydrogen (secondary N) is 2. The molecule has 0 aromatic rings. The Balaban J connectivity index is 2.48. The Morgan fingerprint density at radius 1 is 1.50 bits per heavy atom. The van der Waals surface area contributed by atoms with Gasteiger partial charge in [-0.1, -0.05) is 0 Å². The lowest BCUT2D eigenvalue weighted by Gasteiger charge is -2.25. The number of rotatable bonds is 3. The molecule has 0 aromatic heterocycles. The van der Waals surface area contributed by atoms with Crippen LogP contribution in [0.2, 0.25) is 0 Å². The molecule has 1 aliphatic rings. The van der Waals surface area contributed by atoms with E-state index in [2.05, 4.69) is 10.6 Å². The molecule has 1 fully saturated rings. The van der Waals surface area contributed by atoms with E-state index in [1.54, 1.807) is 20.9 Å². The van der Waals surface area contributed by atoms with Gasteiger partial charge in [-0.15, -0.1) is 0 Å². The third-order valence-electron chi connectivity index (χ3n) is 2.56. The number of carbonyl (C=O) groups is 1. The molecule has 5 nitrogen and oxygen atoms in total. The zero-order valence-corrected chi connectivity index (χ0v) is 8.83. The monoisotopic (exact) mass is 202 g/mol. The topological polar surface area (TPSA) is 70.6 Å². The van der Waals surface area contributed by atoms with E-state index in [-0.39, 0.29) is 11.9 Å². The summed E-state index contributed by atoms with van der Waals surface area (Å²) in [4.78, 5) is 11.7. The summed E-state index contributed by atoms with van der Waals surface area (Å²) in [7, 11) is 1.72. The molecular formula is C9H18N2O3. The highest BCUT2D eigenvalue weighted by atomic mass is 16.5. The van der Waals surface area contributed by atoms with Gasteiger partial charge < -0.3 is 20.5 Å². The van der Waals surface area contributed by atoms with Gasteiger partial charge in [0.05, 0.1) is 30.9 Å². The van der Waals surface area contributed by atoms with Gasteiger partial charge in [-0.3, -0.25) is 4.79 Å². The van der Waals surface area contributed by atoms with Gasteiger partial charge in [0.25, 0.3) is 0 Å². The average molecular weight is 202 g/mol. The number of ether oxygens (including phenoxy) is 1. The highest BCUT2D eigenvalue weighted by molar-refractivity contribution is 5.85. The number of aliphatic hydroxyl groups excluding tert-OH is 1. The molecule has 1 heterocycles. The summed E-state index contributed by atoms with van der Waals surface area (Å²) in [5.74, 6) is -0.130. The molecule has 1 aliphatic heterocycles. The number of aliphatic hydroxyl groups is 1. The van der Waals surface area contributed by atoms with Gasteiger partial charge in [-0.25, -0.2) is 0 Å². The van der Waals surface area contributed by atoms with Gasteiger partial charge in [-0.05, 0) is 20.9 Å². The predicted octanol–water partition coefficient (Wildman–Crippen LogP) is -1.14. The molecule has 0 saturated carbocycles. The highest BCUT2D eigenvalue weighted by Gasteiger charge is 2.32. The number of hydrogen-bond acceptors (Lipinski definition) is 4. The predicted molar refractivity (Wildman–Crippen MR) is 51.9 cm³/mol. The summed E-state index contributed by atoms with van der Waals surface area (Å²) in [5.41, 5.74) is -0.623. The molecule has 1 saturated heterocycles. The Kier molecular flexibility index (Phi) is 3.47. The van der Waals surface area contributed by atoms with E-state index in [4.69, 9.17) is 4.74 Å². The van der Waals surface area contributed by atoms with Crippen LogP contribution in [0.3, 0.4) is 0 Å². The van der Waals surface area contributed by atoms with Crippen LogP contribution in [0.4, 0.5) is 0 Å². The summed E-state index contributed by atoms with van der Waals surface area (Å²) in [6.45, 7) is 4.24. The molecule has 1 amide bonds. The Morgan fingerprint density at radius 2 is 2.14 bits per heavy atom. The maximum absolute atomic E-state index is 11.7. The lowest BCUT2D eigenvalue weighted by Crippen LogP contribution is -2.55. The van der Waals surface area contributed by atoms with Crippen LogP contribution in [0.25, 0.3) is 0 Å². The first kappa shape index (κ1) is 11.4. The molecule has 0 aromatic carbocycles. The number of likely N-dealkylation sites (N-methyl/N-ethyl adjacent to an activating group) is 1. The number of hydrogen-bond donors (Lipinski definition) is 3. The maximum Gasteiger partial charge on any atom is 0.240 e. The third-order valence-corrected chi connectivity index (χ3v) is 2.56. The van der Waals surface area contributed by atoms with Crippen LogP contribution < -0.4 is 10.6 Å². The molecule has 1 rings (SSSR count). The Hall–Kier alpha value is -0.650. The van der Waals surface area contributed by atoms with Crippen molar-refractivity contribution >= 4 is 5.91 Å². The summed E-state index contributed by atoms with van der Waals surface area (Å²) in [5, 5.41) is 15.1. The van der Waals surface area contributed by atoms with E-state index < -0.39 is 11.6 Å². The number of amides is 1. The molecule has 14 heavy (non-hydrogen) atoms. The van der Waals surface area contributed by atoms with E-state index in [0.29, 0.717) is 13.2 Å². The molecule has 0 bridgehead atoms. The first-order chi connectivity index (χ1) is 6.47. The van der Waals surface area contributed by atoms with E-state index in [1.165, 1.54) is 0 Å². The second-order valence-corrected chi connectivity index (χ2v) is 4.06. The van der Waals surface area contributed by atoms with E-state index in [0.717, 1.165) is 0 Å². The van der Waals surface area contributed by atoms with Gasteiger partial charge in [0.15, 0.2) is 0 Å². The normalized spacial score (nSPS) is 27.7. The van der Waals surface area contributed by atoms with Crippen molar-refractivity contribution in [2.24, 2.45) is 0 Å². The van der Waals surface area contributed by atoms with Crippen molar-refractivity contribution in [3.05, 3.63) is 0 Å². The molecule has 5 heteroatoms. The fourth-order valence-corrected chi connectivity index (χ4v) is 1.14. The van der Waals surface area contributed by atoms with E-state index in [1.807, 2.05) is 0 Å². The smallest absolute Gasteiger partial charge is 0.240 e. The molecule has 0 aliphatic carbocycles. The summed E-state index contributed by atoms with van der Waals surface area (Å²) in [6, 6.07) is -0.282. The van der Waals surface area contributed by atoms with Gasteiger partial charge >= 0.3 is 0 Å². The highest BCUT2D eigenvalue weighted by Crippen LogP contribution is 2.08. The van der Waals surface area contributed by atoms with Crippen LogP contribution in [-0.4, -0.2) is 49.0 Å². The van der Waals surface area contributed by atoms with Crippen molar-refractivity contribution in [1.29, 1.82) is 0 Å².